The molecule has 0 aliphatic carbocycles. The molecule has 1 saturated heterocycles. The Balaban J connectivity index is 1.96. The first-order chi connectivity index (χ1) is 10.1. The number of hydrogen-bond acceptors (Lipinski definition) is 2. The molecule has 0 radical (unpaired) electrons. The number of aliphatic hydroxyl groups excluding tert-OH is 1. The number of likely N-dealkylation sites (tertiary alicyclic amines) is 1. The molecule has 1 aromatic rings. The summed E-state index contributed by atoms with van der Waals surface area (Å²) in [6.45, 7) is 3.71. The molecule has 1 aromatic carbocycles. The van der Waals surface area contributed by atoms with Crippen molar-refractivity contribution in [3.8, 4) is 0 Å². The van der Waals surface area contributed by atoms with Gasteiger partial charge in [0.15, 0.2) is 0 Å². The summed E-state index contributed by atoms with van der Waals surface area (Å²) in [4.78, 5) is 14.1. The fourth-order valence-electron chi connectivity index (χ4n) is 2.67. The first kappa shape index (κ1) is 16.1. The van der Waals surface area contributed by atoms with Gasteiger partial charge in [-0.15, -0.1) is 0 Å². The van der Waals surface area contributed by atoms with Crippen LogP contribution in [0.25, 0.3) is 6.08 Å². The second-order valence-electron chi connectivity index (χ2n) is 5.65. The maximum atomic E-state index is 12.2. The minimum Gasteiger partial charge on any atom is -0.396 e. The first-order valence-corrected chi connectivity index (χ1v) is 7.82. The van der Waals surface area contributed by atoms with Crippen LogP contribution in [-0.2, 0) is 4.79 Å². The highest BCUT2D eigenvalue weighted by molar-refractivity contribution is 6.31. The maximum absolute atomic E-state index is 12.2. The average molecular weight is 308 g/mol. The lowest BCUT2D eigenvalue weighted by Crippen LogP contribution is -2.39. The molecule has 1 atom stereocenters. The highest BCUT2D eigenvalue weighted by atomic mass is 35.5. The van der Waals surface area contributed by atoms with Gasteiger partial charge in [0, 0.05) is 30.8 Å². The summed E-state index contributed by atoms with van der Waals surface area (Å²) < 4.78 is 0. The van der Waals surface area contributed by atoms with E-state index < -0.39 is 0 Å². The summed E-state index contributed by atoms with van der Waals surface area (Å²) in [5.41, 5.74) is 1.96. The number of rotatable bonds is 4. The summed E-state index contributed by atoms with van der Waals surface area (Å²) in [6, 6.07) is 5.77. The molecule has 3 nitrogen and oxygen atoms in total. The smallest absolute Gasteiger partial charge is 0.246 e. The Morgan fingerprint density at radius 1 is 1.52 bits per heavy atom. The number of aryl methyl sites for hydroxylation is 1. The van der Waals surface area contributed by atoms with Crippen molar-refractivity contribution in [2.75, 3.05) is 19.7 Å². The maximum Gasteiger partial charge on any atom is 0.246 e. The van der Waals surface area contributed by atoms with E-state index in [0.29, 0.717) is 10.9 Å². The topological polar surface area (TPSA) is 40.5 Å². The van der Waals surface area contributed by atoms with Crippen LogP contribution in [0.15, 0.2) is 24.3 Å². The zero-order valence-electron chi connectivity index (χ0n) is 12.4. The summed E-state index contributed by atoms with van der Waals surface area (Å²) in [7, 11) is 0. The van der Waals surface area contributed by atoms with E-state index in [1.807, 2.05) is 36.1 Å². The predicted molar refractivity (Wildman–Crippen MR) is 86.2 cm³/mol. The van der Waals surface area contributed by atoms with Crippen molar-refractivity contribution in [3.05, 3.63) is 40.4 Å². The molecule has 4 heteroatoms. The van der Waals surface area contributed by atoms with Crippen LogP contribution in [-0.4, -0.2) is 35.6 Å². The second-order valence-corrected chi connectivity index (χ2v) is 6.05. The molecule has 0 saturated carbocycles. The highest BCUT2D eigenvalue weighted by Crippen LogP contribution is 2.20. The third kappa shape index (κ3) is 4.58. The molecule has 1 heterocycles. The van der Waals surface area contributed by atoms with Crippen LogP contribution in [0.4, 0.5) is 0 Å². The molecule has 2 rings (SSSR count). The standard InChI is InChI=1S/C17H22ClNO2/c1-13-4-5-14(11-16(13)18)6-7-17(21)19-9-2-3-15(12-19)8-10-20/h4-7,11,15,20H,2-3,8-10,12H2,1H3. The summed E-state index contributed by atoms with van der Waals surface area (Å²) in [6.07, 6.45) is 6.31. The van der Waals surface area contributed by atoms with Gasteiger partial charge < -0.3 is 10.0 Å². The van der Waals surface area contributed by atoms with E-state index in [1.54, 1.807) is 6.08 Å². The van der Waals surface area contributed by atoms with Gasteiger partial charge in [-0.2, -0.15) is 0 Å². The zero-order chi connectivity index (χ0) is 15.2. The van der Waals surface area contributed by atoms with Gasteiger partial charge in [-0.25, -0.2) is 0 Å². The molecule has 1 N–H and O–H groups in total. The monoisotopic (exact) mass is 307 g/mol. The molecule has 1 amide bonds. The number of nitrogens with zero attached hydrogens (tertiary/aromatic N) is 1. The summed E-state index contributed by atoms with van der Waals surface area (Å²) in [5.74, 6) is 0.462. The molecule has 1 unspecified atom stereocenters. The van der Waals surface area contributed by atoms with Crippen LogP contribution in [0.5, 0.6) is 0 Å². The average Bonchev–Trinajstić information content (AvgIpc) is 2.49. The van der Waals surface area contributed by atoms with Gasteiger partial charge in [-0.1, -0.05) is 23.7 Å². The minimum absolute atomic E-state index is 0.0364. The van der Waals surface area contributed by atoms with Crippen molar-refractivity contribution in [1.82, 2.24) is 4.90 Å². The van der Waals surface area contributed by atoms with Crippen molar-refractivity contribution in [2.45, 2.75) is 26.2 Å². The Kier molecular flexibility index (Phi) is 5.83. The molecule has 0 bridgehead atoms. The van der Waals surface area contributed by atoms with E-state index in [1.165, 1.54) is 0 Å². The fourth-order valence-corrected chi connectivity index (χ4v) is 2.86. The number of benzene rings is 1. The number of aliphatic hydroxyl groups is 1. The van der Waals surface area contributed by atoms with Crippen LogP contribution < -0.4 is 0 Å². The van der Waals surface area contributed by atoms with Crippen LogP contribution >= 0.6 is 11.6 Å². The van der Waals surface area contributed by atoms with E-state index >= 15 is 0 Å². The van der Waals surface area contributed by atoms with E-state index in [2.05, 4.69) is 0 Å². The van der Waals surface area contributed by atoms with Crippen LogP contribution in [0, 0.1) is 12.8 Å². The fraction of sp³-hybridized carbons (Fsp3) is 0.471. The molecule has 1 fully saturated rings. The lowest BCUT2D eigenvalue weighted by molar-refractivity contribution is -0.127. The number of carbonyl (C=O) groups excluding carboxylic acids is 1. The zero-order valence-corrected chi connectivity index (χ0v) is 13.1. The van der Waals surface area contributed by atoms with Crippen molar-refractivity contribution in [3.63, 3.8) is 0 Å². The van der Waals surface area contributed by atoms with Gasteiger partial charge in [0.1, 0.15) is 0 Å². The van der Waals surface area contributed by atoms with Gasteiger partial charge in [-0.05, 0) is 55.4 Å². The number of carbonyl (C=O) groups is 1. The Morgan fingerprint density at radius 2 is 2.33 bits per heavy atom. The van der Waals surface area contributed by atoms with Gasteiger partial charge in [0.2, 0.25) is 5.91 Å². The molecule has 0 spiro atoms. The molecule has 1 aliphatic heterocycles. The van der Waals surface area contributed by atoms with Gasteiger partial charge in [0.05, 0.1) is 0 Å². The lowest BCUT2D eigenvalue weighted by atomic mass is 9.95. The predicted octanol–water partition coefficient (Wildman–Crippen LogP) is 3.28. The first-order valence-electron chi connectivity index (χ1n) is 7.44. The van der Waals surface area contributed by atoms with Crippen molar-refractivity contribution in [1.29, 1.82) is 0 Å². The number of hydrogen-bond donors (Lipinski definition) is 1. The van der Waals surface area contributed by atoms with Gasteiger partial charge >= 0.3 is 0 Å². The van der Waals surface area contributed by atoms with Gasteiger partial charge in [-0.3, -0.25) is 4.79 Å². The number of amides is 1. The van der Waals surface area contributed by atoms with Crippen molar-refractivity contribution in [2.24, 2.45) is 5.92 Å². The Morgan fingerprint density at radius 3 is 3.05 bits per heavy atom. The van der Waals surface area contributed by atoms with E-state index in [4.69, 9.17) is 16.7 Å². The Labute approximate surface area is 131 Å². The summed E-state index contributed by atoms with van der Waals surface area (Å²) >= 11 is 6.08. The van der Waals surface area contributed by atoms with E-state index in [-0.39, 0.29) is 12.5 Å². The quantitative estimate of drug-likeness (QED) is 0.867. The molecule has 1 aliphatic rings. The molecule has 21 heavy (non-hydrogen) atoms. The minimum atomic E-state index is 0.0364. The largest absolute Gasteiger partial charge is 0.396 e. The van der Waals surface area contributed by atoms with Crippen molar-refractivity contribution < 1.29 is 9.90 Å². The third-order valence-electron chi connectivity index (χ3n) is 3.98. The van der Waals surface area contributed by atoms with Gasteiger partial charge in [0.25, 0.3) is 0 Å². The molecular weight excluding hydrogens is 286 g/mol. The Bertz CT molecular complexity index is 526. The molecule has 114 valence electrons. The number of halogens is 1. The SMILES string of the molecule is Cc1ccc(C=CC(=O)N2CCCC(CCO)C2)cc1Cl. The molecule has 0 aromatic heterocycles. The highest BCUT2D eigenvalue weighted by Gasteiger charge is 2.21. The van der Waals surface area contributed by atoms with Crippen LogP contribution in [0.2, 0.25) is 5.02 Å². The van der Waals surface area contributed by atoms with Crippen molar-refractivity contribution >= 4 is 23.6 Å². The Hall–Kier alpha value is -1.32. The number of piperidine rings is 1. The van der Waals surface area contributed by atoms with E-state index in [0.717, 1.165) is 43.5 Å². The normalized spacial score (nSPS) is 19.2. The van der Waals surface area contributed by atoms with E-state index in [9.17, 15) is 4.79 Å². The van der Waals surface area contributed by atoms with Crippen LogP contribution in [0.3, 0.4) is 0 Å². The molecular formula is C17H22ClNO2. The second kappa shape index (κ2) is 7.62. The summed E-state index contributed by atoms with van der Waals surface area (Å²) in [5, 5.41) is 9.73. The lowest BCUT2D eigenvalue weighted by Gasteiger charge is -2.31. The third-order valence-corrected chi connectivity index (χ3v) is 4.39. The van der Waals surface area contributed by atoms with Crippen LogP contribution in [0.1, 0.15) is 30.4 Å².